The summed E-state index contributed by atoms with van der Waals surface area (Å²) >= 11 is 0. The van der Waals surface area contributed by atoms with Crippen LogP contribution >= 0.6 is 7.82 Å². The normalized spacial score (nSPS) is 14.2. The summed E-state index contributed by atoms with van der Waals surface area (Å²) in [6.07, 6.45) is 62.5. The predicted molar refractivity (Wildman–Crippen MR) is 284 cm³/mol. The zero-order valence-electron chi connectivity index (χ0n) is 44.4. The quantitative estimate of drug-likeness (QED) is 0.0272. The maximum absolute atomic E-state index is 12.9. The Bertz CT molecular complexity index is 1170. The number of nitrogens with one attached hydrogen (secondary N) is 1. The molecule has 0 aliphatic rings. The molecule has 8 nitrogen and oxygen atoms in total. The van der Waals surface area contributed by atoms with E-state index in [4.69, 9.17) is 9.05 Å². The number of phosphoric ester groups is 1. The molecule has 66 heavy (non-hydrogen) atoms. The zero-order valence-corrected chi connectivity index (χ0v) is 45.3. The van der Waals surface area contributed by atoms with E-state index in [0.717, 1.165) is 51.4 Å². The number of nitrogens with zero attached hydrogens (tertiary/aromatic N) is 1. The van der Waals surface area contributed by atoms with Crippen molar-refractivity contribution in [3.8, 4) is 0 Å². The van der Waals surface area contributed by atoms with E-state index in [1.54, 1.807) is 6.08 Å². The molecule has 9 heteroatoms. The van der Waals surface area contributed by atoms with Crippen molar-refractivity contribution in [3.63, 3.8) is 0 Å². The molecular formula is C57H111N2O6P. The molecule has 3 unspecified atom stereocenters. The maximum Gasteiger partial charge on any atom is 0.268 e. The third kappa shape index (κ3) is 50.6. The van der Waals surface area contributed by atoms with Crippen LogP contribution in [0.1, 0.15) is 271 Å². The lowest BCUT2D eigenvalue weighted by Crippen LogP contribution is -2.45. The zero-order chi connectivity index (χ0) is 48.5. The smallest absolute Gasteiger partial charge is 0.268 e. The number of aliphatic hydroxyl groups is 1. The van der Waals surface area contributed by atoms with E-state index in [2.05, 4.69) is 43.5 Å². The second-order valence-corrected chi connectivity index (χ2v) is 22.0. The van der Waals surface area contributed by atoms with E-state index < -0.39 is 26.6 Å². The number of rotatable bonds is 52. The van der Waals surface area contributed by atoms with E-state index in [-0.39, 0.29) is 12.5 Å². The van der Waals surface area contributed by atoms with Crippen molar-refractivity contribution in [2.75, 3.05) is 40.9 Å². The topological polar surface area (TPSA) is 108 Å². The lowest BCUT2D eigenvalue weighted by atomic mass is 10.0. The molecule has 0 aromatic carbocycles. The monoisotopic (exact) mass is 951 g/mol. The maximum atomic E-state index is 12.9. The molecule has 390 valence electrons. The van der Waals surface area contributed by atoms with Crippen LogP contribution in [0, 0.1) is 0 Å². The number of aliphatic hydroxyl groups excluding tert-OH is 1. The molecule has 2 N–H and O–H groups in total. The standard InChI is InChI=1S/C57H111N2O6P/c1-6-8-10-12-14-16-18-20-21-22-23-24-25-26-27-28-29-30-31-32-33-34-35-36-37-39-41-43-45-47-49-51-57(61)58-55(54-65-66(62,63)64-53-52-59(3,4)5)56(60)50-48-46-44-42-40-38-19-17-15-13-11-9-7-2/h15,17,40,42,48,50,55-56,60H,6-14,16,18-39,41,43-47,49,51-54H2,1-5H3,(H-,58,61,62,63)/b17-15+,42-40+,50-48+. The largest absolute Gasteiger partial charge is 0.756 e. The first-order valence-corrected chi connectivity index (χ1v) is 29.8. The molecule has 0 rings (SSSR count). The first-order valence-electron chi connectivity index (χ1n) is 28.4. The second kappa shape index (κ2) is 48.7. The fourth-order valence-electron chi connectivity index (χ4n) is 8.36. The van der Waals surface area contributed by atoms with Crippen LogP contribution in [-0.4, -0.2) is 68.5 Å². The van der Waals surface area contributed by atoms with Gasteiger partial charge >= 0.3 is 0 Å². The SMILES string of the molecule is CCCCC/C=C/CC/C=C/CC/C=C/C(O)C(COP(=O)([O-])OCC[N+](C)(C)C)NC(=O)CCCCCCCCCCCCCCCCCCCCCCCCCCCCCCCCC. The number of allylic oxidation sites excluding steroid dienone is 5. The van der Waals surface area contributed by atoms with Crippen molar-refractivity contribution in [2.24, 2.45) is 0 Å². The number of hydrogen-bond donors (Lipinski definition) is 2. The van der Waals surface area contributed by atoms with Gasteiger partial charge in [0.1, 0.15) is 13.2 Å². The Labute approximate surface area is 410 Å². The Morgan fingerprint density at radius 2 is 0.848 bits per heavy atom. The van der Waals surface area contributed by atoms with Gasteiger partial charge in [-0.05, 0) is 44.9 Å². The number of hydrogen-bond acceptors (Lipinski definition) is 6. The molecule has 0 heterocycles. The number of phosphoric acid groups is 1. The number of quaternary nitrogens is 1. The van der Waals surface area contributed by atoms with Gasteiger partial charge in [0, 0.05) is 6.42 Å². The van der Waals surface area contributed by atoms with Crippen molar-refractivity contribution in [3.05, 3.63) is 36.5 Å². The van der Waals surface area contributed by atoms with Crippen LogP contribution in [0.15, 0.2) is 36.5 Å². The third-order valence-electron chi connectivity index (χ3n) is 12.8. The Hall–Kier alpha value is -1.28. The van der Waals surface area contributed by atoms with E-state index in [0.29, 0.717) is 17.4 Å². The number of unbranched alkanes of at least 4 members (excludes halogenated alkanes) is 35. The minimum absolute atomic E-state index is 0.00771. The van der Waals surface area contributed by atoms with E-state index in [9.17, 15) is 19.4 Å². The molecule has 3 atom stereocenters. The van der Waals surface area contributed by atoms with E-state index >= 15 is 0 Å². The van der Waals surface area contributed by atoms with Crippen LogP contribution in [-0.2, 0) is 18.4 Å². The highest BCUT2D eigenvalue weighted by Gasteiger charge is 2.23. The van der Waals surface area contributed by atoms with Crippen molar-refractivity contribution < 1.29 is 32.9 Å². The molecule has 0 aliphatic heterocycles. The molecule has 0 fully saturated rings. The average molecular weight is 951 g/mol. The fourth-order valence-corrected chi connectivity index (χ4v) is 9.09. The number of amides is 1. The van der Waals surface area contributed by atoms with Crippen LogP contribution in [0.5, 0.6) is 0 Å². The molecule has 0 saturated carbocycles. The van der Waals surface area contributed by atoms with Crippen LogP contribution in [0.3, 0.4) is 0 Å². The molecular weight excluding hydrogens is 840 g/mol. The first kappa shape index (κ1) is 64.7. The summed E-state index contributed by atoms with van der Waals surface area (Å²) < 4.78 is 23.2. The van der Waals surface area contributed by atoms with E-state index in [1.807, 2.05) is 27.2 Å². The van der Waals surface area contributed by atoms with Gasteiger partial charge in [0.25, 0.3) is 7.82 Å². The summed E-state index contributed by atoms with van der Waals surface area (Å²) in [4.78, 5) is 25.4. The van der Waals surface area contributed by atoms with Gasteiger partial charge in [-0.3, -0.25) is 9.36 Å². The molecule has 0 radical (unpaired) electrons. The minimum atomic E-state index is -4.60. The van der Waals surface area contributed by atoms with Gasteiger partial charge in [-0.2, -0.15) is 0 Å². The third-order valence-corrected chi connectivity index (χ3v) is 13.8. The lowest BCUT2D eigenvalue weighted by molar-refractivity contribution is -0.870. The lowest BCUT2D eigenvalue weighted by Gasteiger charge is -2.29. The van der Waals surface area contributed by atoms with E-state index in [1.165, 1.54) is 199 Å². The number of carbonyl (C=O) groups excluding carboxylic acids is 1. The Kier molecular flexibility index (Phi) is 47.8. The summed E-state index contributed by atoms with van der Waals surface area (Å²) in [6.45, 7) is 4.61. The summed E-state index contributed by atoms with van der Waals surface area (Å²) in [5.74, 6) is -0.208. The van der Waals surface area contributed by atoms with Gasteiger partial charge in [0.2, 0.25) is 5.91 Å². The van der Waals surface area contributed by atoms with Crippen LogP contribution in [0.2, 0.25) is 0 Å². The van der Waals surface area contributed by atoms with Gasteiger partial charge in [-0.15, -0.1) is 0 Å². The summed E-state index contributed by atoms with van der Waals surface area (Å²) in [6, 6.07) is -0.906. The molecule has 1 amide bonds. The Morgan fingerprint density at radius 1 is 0.515 bits per heavy atom. The molecule has 0 bridgehead atoms. The van der Waals surface area contributed by atoms with Gasteiger partial charge in [0.05, 0.1) is 39.9 Å². The first-order chi connectivity index (χ1) is 32.0. The molecule has 0 aromatic heterocycles. The van der Waals surface area contributed by atoms with Crippen molar-refractivity contribution in [1.29, 1.82) is 0 Å². The fraction of sp³-hybridized carbons (Fsp3) is 0.877. The van der Waals surface area contributed by atoms with Crippen LogP contribution in [0.4, 0.5) is 0 Å². The summed E-state index contributed by atoms with van der Waals surface area (Å²) in [5, 5.41) is 13.8. The average Bonchev–Trinajstić information content (AvgIpc) is 3.28. The van der Waals surface area contributed by atoms with Crippen molar-refractivity contribution in [2.45, 2.75) is 283 Å². The van der Waals surface area contributed by atoms with Crippen molar-refractivity contribution in [1.82, 2.24) is 5.32 Å². The highest BCUT2D eigenvalue weighted by Crippen LogP contribution is 2.38. The van der Waals surface area contributed by atoms with Crippen LogP contribution in [0.25, 0.3) is 0 Å². The highest BCUT2D eigenvalue weighted by atomic mass is 31.2. The number of carbonyl (C=O) groups is 1. The molecule has 0 saturated heterocycles. The molecule has 0 aromatic rings. The van der Waals surface area contributed by atoms with Crippen LogP contribution < -0.4 is 10.2 Å². The second-order valence-electron chi connectivity index (χ2n) is 20.6. The molecule has 0 spiro atoms. The van der Waals surface area contributed by atoms with Gasteiger partial charge in [-0.1, -0.05) is 256 Å². The van der Waals surface area contributed by atoms with Gasteiger partial charge in [-0.25, -0.2) is 0 Å². The highest BCUT2D eigenvalue weighted by molar-refractivity contribution is 7.45. The minimum Gasteiger partial charge on any atom is -0.756 e. The molecule has 0 aliphatic carbocycles. The summed E-state index contributed by atoms with van der Waals surface area (Å²) in [7, 11) is 1.24. The van der Waals surface area contributed by atoms with Gasteiger partial charge in [0.15, 0.2) is 0 Å². The summed E-state index contributed by atoms with van der Waals surface area (Å²) in [5.41, 5.74) is 0. The predicted octanol–water partition coefficient (Wildman–Crippen LogP) is 16.4. The Morgan fingerprint density at radius 3 is 1.23 bits per heavy atom. The van der Waals surface area contributed by atoms with Crippen molar-refractivity contribution >= 4 is 13.7 Å². The van der Waals surface area contributed by atoms with Gasteiger partial charge < -0.3 is 28.8 Å². The number of likely N-dealkylation sites (N-methyl/N-ethyl adjacent to an activating group) is 1. The Balaban J connectivity index is 4.03.